The summed E-state index contributed by atoms with van der Waals surface area (Å²) >= 11 is 1.99. The highest BCUT2D eigenvalue weighted by atomic mass is 32.2. The Morgan fingerprint density at radius 1 is 0.784 bits per heavy atom. The van der Waals surface area contributed by atoms with Crippen LogP contribution >= 0.6 is 11.8 Å². The van der Waals surface area contributed by atoms with Crippen molar-refractivity contribution in [1.82, 2.24) is 0 Å². The lowest BCUT2D eigenvalue weighted by molar-refractivity contribution is -0.659. The fourth-order valence-electron chi connectivity index (χ4n) is 6.40. The van der Waals surface area contributed by atoms with Gasteiger partial charge in [-0.3, -0.25) is 0 Å². The van der Waals surface area contributed by atoms with Crippen molar-refractivity contribution in [2.75, 3.05) is 0 Å². The molecule has 0 amide bonds. The second-order valence-corrected chi connectivity index (χ2v) is 14.4. The lowest BCUT2D eigenvalue weighted by Gasteiger charge is -2.30. The number of aryl methyl sites for hydroxylation is 3. The van der Waals surface area contributed by atoms with Crippen molar-refractivity contribution in [3.63, 3.8) is 0 Å². The number of aromatic nitrogens is 1. The van der Waals surface area contributed by atoms with Gasteiger partial charge in [0.25, 0.3) is 0 Å². The zero-order chi connectivity index (χ0) is 26.4. The van der Waals surface area contributed by atoms with Crippen LogP contribution in [-0.2, 0) is 18.9 Å². The fraction of sp³-hybridized carbons (Fsp3) is 0.343. The molecule has 1 aliphatic rings. The van der Waals surface area contributed by atoms with Crippen LogP contribution in [0.15, 0.2) is 64.5 Å². The molecule has 0 N–H and O–H groups in total. The molecule has 0 saturated heterocycles. The summed E-state index contributed by atoms with van der Waals surface area (Å²) in [5.41, 5.74) is 8.66. The molecule has 0 fully saturated rings. The molecule has 0 saturated carbocycles. The average Bonchev–Trinajstić information content (AvgIpc) is 2.79. The summed E-state index contributed by atoms with van der Waals surface area (Å²) in [7, 11) is 2.21. The topological polar surface area (TPSA) is 3.88 Å². The lowest BCUT2D eigenvalue weighted by Crippen LogP contribution is -2.32. The minimum atomic E-state index is 0.0268. The molecule has 0 radical (unpaired) electrons. The molecular weight excluding hydrogens is 466 g/mol. The highest BCUT2D eigenvalue weighted by Crippen LogP contribution is 2.54. The zero-order valence-electron chi connectivity index (χ0n) is 23.8. The van der Waals surface area contributed by atoms with Crippen LogP contribution in [0.5, 0.6) is 0 Å². The molecule has 2 heterocycles. The summed E-state index contributed by atoms with van der Waals surface area (Å²) in [6.07, 6.45) is 3.35. The third-order valence-electron chi connectivity index (χ3n) is 7.87. The van der Waals surface area contributed by atoms with Gasteiger partial charge in [-0.15, -0.1) is 0 Å². The van der Waals surface area contributed by atoms with Crippen molar-refractivity contribution in [1.29, 1.82) is 0 Å². The predicted octanol–water partition coefficient (Wildman–Crippen LogP) is 9.61. The van der Waals surface area contributed by atoms with E-state index >= 15 is 0 Å². The van der Waals surface area contributed by atoms with E-state index in [0.29, 0.717) is 0 Å². The largest absolute Gasteiger partial charge is 0.222 e. The maximum absolute atomic E-state index is 2.46. The van der Waals surface area contributed by atoms with E-state index in [1.165, 1.54) is 75.6 Å². The molecule has 37 heavy (non-hydrogen) atoms. The van der Waals surface area contributed by atoms with Crippen LogP contribution in [0.4, 0.5) is 0 Å². The van der Waals surface area contributed by atoms with Crippen molar-refractivity contribution in [2.45, 2.75) is 77.0 Å². The van der Waals surface area contributed by atoms with Crippen LogP contribution in [0.1, 0.15) is 63.8 Å². The predicted molar refractivity (Wildman–Crippen MR) is 161 cm³/mol. The molecule has 0 aliphatic carbocycles. The second kappa shape index (κ2) is 8.08. The Kier molecular flexibility index (Phi) is 5.35. The molecule has 1 aromatic heterocycles. The summed E-state index contributed by atoms with van der Waals surface area (Å²) < 4.78 is 2.35. The zero-order valence-corrected chi connectivity index (χ0v) is 24.6. The Morgan fingerprint density at radius 3 is 2.22 bits per heavy atom. The lowest BCUT2D eigenvalue weighted by atomic mass is 9.79. The van der Waals surface area contributed by atoms with Gasteiger partial charge in [0.2, 0.25) is 5.69 Å². The van der Waals surface area contributed by atoms with Crippen LogP contribution in [0.3, 0.4) is 0 Å². The molecule has 0 spiro atoms. The Bertz CT molecular complexity index is 1760. The average molecular weight is 505 g/mol. The van der Waals surface area contributed by atoms with Crippen molar-refractivity contribution in [3.8, 4) is 11.3 Å². The van der Waals surface area contributed by atoms with Gasteiger partial charge >= 0.3 is 0 Å². The maximum Gasteiger partial charge on any atom is 0.222 e. The normalized spacial score (nSPS) is 13.5. The molecule has 4 aromatic carbocycles. The van der Waals surface area contributed by atoms with Crippen LogP contribution in [0.2, 0.25) is 0 Å². The molecule has 2 heteroatoms. The summed E-state index contributed by atoms with van der Waals surface area (Å²) in [5, 5.41) is 8.25. The van der Waals surface area contributed by atoms with E-state index in [9.17, 15) is 0 Å². The second-order valence-electron chi connectivity index (χ2n) is 13.3. The monoisotopic (exact) mass is 504 g/mol. The molecule has 0 bridgehead atoms. The third-order valence-corrected chi connectivity index (χ3v) is 9.03. The Hall–Kier alpha value is -2.84. The number of hydrogen-bond donors (Lipinski definition) is 0. The van der Waals surface area contributed by atoms with Crippen molar-refractivity contribution >= 4 is 44.1 Å². The van der Waals surface area contributed by atoms with E-state index < -0.39 is 0 Å². The minimum Gasteiger partial charge on any atom is -0.200 e. The maximum atomic E-state index is 2.46. The number of pyridine rings is 1. The van der Waals surface area contributed by atoms with Crippen LogP contribution in [0.25, 0.3) is 43.6 Å². The highest BCUT2D eigenvalue weighted by Gasteiger charge is 2.35. The van der Waals surface area contributed by atoms with Gasteiger partial charge in [-0.2, -0.15) is 0 Å². The number of fused-ring (bicyclic) bond motifs is 5. The van der Waals surface area contributed by atoms with Crippen LogP contribution in [-0.4, -0.2) is 0 Å². The van der Waals surface area contributed by atoms with Crippen molar-refractivity contribution in [3.05, 3.63) is 77.0 Å². The number of rotatable bonds is 1. The minimum absolute atomic E-state index is 0.0268. The Morgan fingerprint density at radius 2 is 1.51 bits per heavy atom. The van der Waals surface area contributed by atoms with Gasteiger partial charge in [0.15, 0.2) is 6.20 Å². The molecule has 0 atom stereocenters. The first kappa shape index (κ1) is 24.5. The summed E-state index contributed by atoms with van der Waals surface area (Å²) in [5.74, 6) is 0. The van der Waals surface area contributed by atoms with E-state index in [0.717, 1.165) is 6.42 Å². The third kappa shape index (κ3) is 3.87. The van der Waals surface area contributed by atoms with Gasteiger partial charge < -0.3 is 0 Å². The van der Waals surface area contributed by atoms with Crippen molar-refractivity contribution in [2.24, 2.45) is 12.5 Å². The van der Waals surface area contributed by atoms with Crippen LogP contribution < -0.4 is 4.57 Å². The molecule has 6 rings (SSSR count). The van der Waals surface area contributed by atoms with Gasteiger partial charge in [-0.25, -0.2) is 4.57 Å². The first-order chi connectivity index (χ1) is 17.3. The summed E-state index contributed by atoms with van der Waals surface area (Å²) in [6.45, 7) is 18.6. The molecule has 1 aliphatic heterocycles. The SMILES string of the molecule is Cc1ccc2c(C(C)(C)C)c3c(c(C)c2c1)-c1c2c(cc4cc(CC(C)(C)C)ccc4c2cc[n+]1C)S3. The number of hydrogen-bond acceptors (Lipinski definition) is 1. The summed E-state index contributed by atoms with van der Waals surface area (Å²) in [4.78, 5) is 2.81. The molecule has 188 valence electrons. The highest BCUT2D eigenvalue weighted by molar-refractivity contribution is 8.00. The van der Waals surface area contributed by atoms with Gasteiger partial charge in [-0.05, 0) is 75.4 Å². The molecular formula is C35H38NS+. The van der Waals surface area contributed by atoms with Gasteiger partial charge in [-0.1, -0.05) is 95.3 Å². The van der Waals surface area contributed by atoms with Crippen LogP contribution in [0, 0.1) is 19.3 Å². The first-order valence-electron chi connectivity index (χ1n) is 13.5. The smallest absolute Gasteiger partial charge is 0.200 e. The fourth-order valence-corrected chi connectivity index (χ4v) is 7.98. The van der Waals surface area contributed by atoms with E-state index in [1.54, 1.807) is 0 Å². The Labute approximate surface area is 225 Å². The molecule has 0 unspecified atom stereocenters. The summed E-state index contributed by atoms with van der Waals surface area (Å²) in [6, 6.07) is 18.9. The van der Waals surface area contributed by atoms with E-state index in [2.05, 4.69) is 122 Å². The van der Waals surface area contributed by atoms with Crippen molar-refractivity contribution < 1.29 is 4.57 Å². The molecule has 1 nitrogen and oxygen atoms in total. The van der Waals surface area contributed by atoms with E-state index in [1.807, 2.05) is 11.8 Å². The van der Waals surface area contributed by atoms with Gasteiger partial charge in [0.1, 0.15) is 7.05 Å². The van der Waals surface area contributed by atoms with E-state index in [4.69, 9.17) is 0 Å². The first-order valence-corrected chi connectivity index (χ1v) is 14.3. The number of benzene rings is 4. The standard InChI is InChI=1S/C35H38NS/c1-20-10-12-26-27(16-20)21(2)29-32-30-25(14-15-36(32)9)24-13-11-22(19-34(3,4)5)17-23(24)18-28(30)37-33(29)31(26)35(6,7)8/h10-18H,19H2,1-9H3/q+1. The van der Waals surface area contributed by atoms with Gasteiger partial charge in [0.05, 0.1) is 10.9 Å². The Balaban J connectivity index is 1.75. The quantitative estimate of drug-likeness (QED) is 0.159. The molecule has 5 aromatic rings. The van der Waals surface area contributed by atoms with E-state index in [-0.39, 0.29) is 10.8 Å². The number of nitrogens with zero attached hydrogens (tertiary/aromatic N) is 1. The van der Waals surface area contributed by atoms with Gasteiger partial charge in [0, 0.05) is 21.2 Å².